The summed E-state index contributed by atoms with van der Waals surface area (Å²) in [6.07, 6.45) is 2.66. The molecule has 0 bridgehead atoms. The first kappa shape index (κ1) is 12.1. The smallest absolute Gasteiger partial charge is 0.310 e. The maximum absolute atomic E-state index is 11.2. The van der Waals surface area contributed by atoms with Crippen LogP contribution in [0.3, 0.4) is 0 Å². The van der Waals surface area contributed by atoms with E-state index in [4.69, 9.17) is 0 Å². The maximum Gasteiger partial charge on any atom is 0.310 e. The molecule has 1 aromatic rings. The molecule has 2 rings (SSSR count). The lowest BCUT2D eigenvalue weighted by molar-refractivity contribution is -0.154. The molecule has 0 aromatic heterocycles. The minimum atomic E-state index is -0.652. The van der Waals surface area contributed by atoms with Gasteiger partial charge in [0, 0.05) is 13.1 Å². The van der Waals surface area contributed by atoms with Gasteiger partial charge in [-0.3, -0.25) is 4.79 Å². The van der Waals surface area contributed by atoms with E-state index in [1.165, 1.54) is 11.1 Å². The minimum absolute atomic E-state index is 0.497. The zero-order valence-electron chi connectivity index (χ0n) is 10.2. The van der Waals surface area contributed by atoms with Crippen LogP contribution in [0, 0.1) is 12.3 Å². The molecule has 0 amide bonds. The molecular weight excluding hydrogens is 214 g/mol. The van der Waals surface area contributed by atoms with Crippen LogP contribution >= 0.6 is 0 Å². The van der Waals surface area contributed by atoms with Crippen molar-refractivity contribution in [1.29, 1.82) is 0 Å². The minimum Gasteiger partial charge on any atom is -0.481 e. The van der Waals surface area contributed by atoms with E-state index in [0.29, 0.717) is 6.54 Å². The van der Waals surface area contributed by atoms with Crippen molar-refractivity contribution < 1.29 is 9.90 Å². The Morgan fingerprint density at radius 1 is 1.41 bits per heavy atom. The zero-order chi connectivity index (χ0) is 12.3. The molecule has 0 saturated heterocycles. The highest BCUT2D eigenvalue weighted by atomic mass is 16.4. The zero-order valence-corrected chi connectivity index (χ0v) is 10.2. The molecule has 92 valence electrons. The van der Waals surface area contributed by atoms with Crippen molar-refractivity contribution in [3.8, 4) is 0 Å². The highest BCUT2D eigenvalue weighted by molar-refractivity contribution is 5.76. The van der Waals surface area contributed by atoms with E-state index in [0.717, 1.165) is 25.8 Å². The number of hydrogen-bond donors (Lipinski definition) is 2. The number of hydrogen-bond acceptors (Lipinski definition) is 2. The molecule has 1 saturated carbocycles. The van der Waals surface area contributed by atoms with Crippen LogP contribution in [0.4, 0.5) is 0 Å². The first-order valence-electron chi connectivity index (χ1n) is 6.13. The van der Waals surface area contributed by atoms with Gasteiger partial charge in [-0.1, -0.05) is 30.7 Å². The molecule has 1 fully saturated rings. The third kappa shape index (κ3) is 2.50. The second-order valence-electron chi connectivity index (χ2n) is 4.97. The average Bonchev–Trinajstić information content (AvgIpc) is 2.23. The Kier molecular flexibility index (Phi) is 3.48. The van der Waals surface area contributed by atoms with Gasteiger partial charge in [-0.15, -0.1) is 0 Å². The summed E-state index contributed by atoms with van der Waals surface area (Å²) in [5, 5.41) is 12.5. The summed E-state index contributed by atoms with van der Waals surface area (Å²) in [6, 6.07) is 8.19. The fourth-order valence-electron chi connectivity index (χ4n) is 2.31. The molecule has 2 N–H and O–H groups in total. The lowest BCUT2D eigenvalue weighted by atomic mass is 9.69. The van der Waals surface area contributed by atoms with Crippen molar-refractivity contribution in [3.63, 3.8) is 0 Å². The fourth-order valence-corrected chi connectivity index (χ4v) is 2.31. The summed E-state index contributed by atoms with van der Waals surface area (Å²) < 4.78 is 0. The topological polar surface area (TPSA) is 49.3 Å². The third-order valence-corrected chi connectivity index (χ3v) is 3.80. The first-order valence-corrected chi connectivity index (χ1v) is 6.13. The Hall–Kier alpha value is -1.35. The van der Waals surface area contributed by atoms with Crippen LogP contribution in [0.5, 0.6) is 0 Å². The van der Waals surface area contributed by atoms with Crippen molar-refractivity contribution in [3.05, 3.63) is 35.4 Å². The summed E-state index contributed by atoms with van der Waals surface area (Å²) in [7, 11) is 0. The number of carboxylic acid groups (broad SMARTS) is 1. The van der Waals surface area contributed by atoms with Gasteiger partial charge >= 0.3 is 5.97 Å². The van der Waals surface area contributed by atoms with Crippen LogP contribution in [-0.2, 0) is 11.3 Å². The Morgan fingerprint density at radius 3 is 2.65 bits per heavy atom. The van der Waals surface area contributed by atoms with Crippen LogP contribution in [0.25, 0.3) is 0 Å². The summed E-state index contributed by atoms with van der Waals surface area (Å²) >= 11 is 0. The Bertz CT molecular complexity index is 410. The molecule has 1 aliphatic rings. The third-order valence-electron chi connectivity index (χ3n) is 3.80. The number of aryl methyl sites for hydroxylation is 1. The summed E-state index contributed by atoms with van der Waals surface area (Å²) in [5.74, 6) is -0.652. The van der Waals surface area contributed by atoms with Gasteiger partial charge in [0.15, 0.2) is 0 Å². The lowest BCUT2D eigenvalue weighted by Crippen LogP contribution is -2.46. The number of aliphatic carboxylic acids is 1. The van der Waals surface area contributed by atoms with Crippen molar-refractivity contribution in [1.82, 2.24) is 5.32 Å². The molecule has 3 nitrogen and oxygen atoms in total. The summed E-state index contributed by atoms with van der Waals surface area (Å²) in [4.78, 5) is 11.2. The molecule has 0 radical (unpaired) electrons. The summed E-state index contributed by atoms with van der Waals surface area (Å²) in [6.45, 7) is 3.41. The predicted molar refractivity (Wildman–Crippen MR) is 66.8 cm³/mol. The number of carbonyl (C=O) groups is 1. The number of benzene rings is 1. The van der Waals surface area contributed by atoms with Gasteiger partial charge in [-0.05, 0) is 30.9 Å². The normalized spacial score (nSPS) is 17.5. The van der Waals surface area contributed by atoms with E-state index < -0.39 is 11.4 Å². The molecule has 3 heteroatoms. The largest absolute Gasteiger partial charge is 0.481 e. The Balaban J connectivity index is 1.88. The molecule has 0 heterocycles. The molecule has 0 spiro atoms. The van der Waals surface area contributed by atoms with Crippen LogP contribution < -0.4 is 5.32 Å². The van der Waals surface area contributed by atoms with Gasteiger partial charge in [-0.25, -0.2) is 0 Å². The first-order chi connectivity index (χ1) is 8.14. The van der Waals surface area contributed by atoms with Crippen LogP contribution in [0.1, 0.15) is 30.4 Å². The van der Waals surface area contributed by atoms with Crippen LogP contribution in [0.2, 0.25) is 0 Å². The quantitative estimate of drug-likeness (QED) is 0.820. The molecule has 1 aliphatic carbocycles. The van der Waals surface area contributed by atoms with Crippen molar-refractivity contribution in [2.45, 2.75) is 32.7 Å². The van der Waals surface area contributed by atoms with Gasteiger partial charge in [0.05, 0.1) is 5.41 Å². The standard InChI is InChI=1S/C14H19NO2/c1-11-5-2-3-6-12(11)9-15-10-14(13(16)17)7-4-8-14/h2-3,5-6,15H,4,7-10H2,1H3,(H,16,17). The second kappa shape index (κ2) is 4.88. The second-order valence-corrected chi connectivity index (χ2v) is 4.97. The molecule has 0 aliphatic heterocycles. The molecular formula is C14H19NO2. The van der Waals surface area contributed by atoms with Crippen molar-refractivity contribution in [2.24, 2.45) is 5.41 Å². The molecule has 0 unspecified atom stereocenters. The lowest BCUT2D eigenvalue weighted by Gasteiger charge is -2.37. The Labute approximate surface area is 102 Å². The van der Waals surface area contributed by atoms with Crippen molar-refractivity contribution >= 4 is 5.97 Å². The number of rotatable bonds is 5. The van der Waals surface area contributed by atoms with Gasteiger partial charge in [-0.2, -0.15) is 0 Å². The van der Waals surface area contributed by atoms with Gasteiger partial charge in [0.25, 0.3) is 0 Å². The molecule has 0 atom stereocenters. The van der Waals surface area contributed by atoms with E-state index in [9.17, 15) is 9.90 Å². The van der Waals surface area contributed by atoms with E-state index in [2.05, 4.69) is 24.4 Å². The van der Waals surface area contributed by atoms with Crippen molar-refractivity contribution in [2.75, 3.05) is 6.54 Å². The van der Waals surface area contributed by atoms with E-state index in [1.54, 1.807) is 0 Å². The highest BCUT2D eigenvalue weighted by Crippen LogP contribution is 2.40. The van der Waals surface area contributed by atoms with Gasteiger partial charge in [0.1, 0.15) is 0 Å². The van der Waals surface area contributed by atoms with E-state index in [-0.39, 0.29) is 0 Å². The van der Waals surface area contributed by atoms with Crippen LogP contribution in [0.15, 0.2) is 24.3 Å². The van der Waals surface area contributed by atoms with Crippen LogP contribution in [-0.4, -0.2) is 17.6 Å². The number of nitrogens with one attached hydrogen (secondary N) is 1. The average molecular weight is 233 g/mol. The van der Waals surface area contributed by atoms with Gasteiger partial charge in [0.2, 0.25) is 0 Å². The monoisotopic (exact) mass is 233 g/mol. The van der Waals surface area contributed by atoms with E-state index >= 15 is 0 Å². The Morgan fingerprint density at radius 2 is 2.12 bits per heavy atom. The predicted octanol–water partition coefficient (Wildman–Crippen LogP) is 2.34. The molecule has 1 aromatic carbocycles. The highest BCUT2D eigenvalue weighted by Gasteiger charge is 2.43. The maximum atomic E-state index is 11.2. The SMILES string of the molecule is Cc1ccccc1CNCC1(C(=O)O)CCC1. The van der Waals surface area contributed by atoms with E-state index in [1.807, 2.05) is 12.1 Å². The number of carboxylic acids is 1. The van der Waals surface area contributed by atoms with Gasteiger partial charge < -0.3 is 10.4 Å². The fraction of sp³-hybridized carbons (Fsp3) is 0.500. The summed E-state index contributed by atoms with van der Waals surface area (Å²) in [5.41, 5.74) is 1.99. The molecule has 17 heavy (non-hydrogen) atoms.